The number of nitrogens with zero attached hydrogens (tertiary/aromatic N) is 2. The number of hydrogen-bond donors (Lipinski definition) is 1. The third-order valence-electron chi connectivity index (χ3n) is 4.52. The van der Waals surface area contributed by atoms with Gasteiger partial charge in [-0.2, -0.15) is 0 Å². The first-order chi connectivity index (χ1) is 10.4. The Morgan fingerprint density at radius 2 is 2.09 bits per heavy atom. The Morgan fingerprint density at radius 1 is 1.36 bits per heavy atom. The number of anilines is 1. The Balaban J connectivity index is 2.08. The van der Waals surface area contributed by atoms with E-state index in [0.29, 0.717) is 19.5 Å². The standard InChI is InChI=1S/C16H19N3O2S/c1-4-19-14(21)16(13(20)17-15(19)22)8-11-7-10(2)5-6-12(11)18(3)9-16/h5-7H,4,8-9H2,1-3H3,(H,17,20,22)/t16-/m0/s1. The smallest absolute Gasteiger partial charge is 0.246 e. The highest BCUT2D eigenvalue weighted by atomic mass is 32.1. The molecule has 0 radical (unpaired) electrons. The van der Waals surface area contributed by atoms with Crippen LogP contribution in [0.4, 0.5) is 5.69 Å². The molecule has 2 heterocycles. The van der Waals surface area contributed by atoms with Crippen molar-refractivity contribution in [2.24, 2.45) is 5.41 Å². The summed E-state index contributed by atoms with van der Waals surface area (Å²) >= 11 is 5.12. The molecule has 1 aromatic rings. The maximum absolute atomic E-state index is 12.9. The molecule has 5 nitrogen and oxygen atoms in total. The first-order valence-corrected chi connectivity index (χ1v) is 7.78. The minimum atomic E-state index is -1.09. The largest absolute Gasteiger partial charge is 0.373 e. The van der Waals surface area contributed by atoms with E-state index < -0.39 is 5.41 Å². The molecule has 0 aromatic heterocycles. The summed E-state index contributed by atoms with van der Waals surface area (Å²) in [6.45, 7) is 4.70. The molecule has 1 aromatic carbocycles. The van der Waals surface area contributed by atoms with Crippen LogP contribution in [0, 0.1) is 12.3 Å². The van der Waals surface area contributed by atoms with E-state index in [0.717, 1.165) is 16.8 Å². The van der Waals surface area contributed by atoms with Gasteiger partial charge in [0.2, 0.25) is 11.8 Å². The van der Waals surface area contributed by atoms with E-state index in [9.17, 15) is 9.59 Å². The monoisotopic (exact) mass is 317 g/mol. The second kappa shape index (κ2) is 5.05. The lowest BCUT2D eigenvalue weighted by molar-refractivity contribution is -0.149. The zero-order valence-corrected chi connectivity index (χ0v) is 13.8. The first kappa shape index (κ1) is 15.0. The summed E-state index contributed by atoms with van der Waals surface area (Å²) in [6, 6.07) is 6.14. The summed E-state index contributed by atoms with van der Waals surface area (Å²) in [6.07, 6.45) is 0.415. The molecule has 0 unspecified atom stereocenters. The van der Waals surface area contributed by atoms with Gasteiger partial charge in [0.15, 0.2) is 5.11 Å². The molecule has 22 heavy (non-hydrogen) atoms. The minimum Gasteiger partial charge on any atom is -0.373 e. The van der Waals surface area contributed by atoms with Gasteiger partial charge in [-0.05, 0) is 44.1 Å². The first-order valence-electron chi connectivity index (χ1n) is 7.37. The van der Waals surface area contributed by atoms with Gasteiger partial charge in [-0.1, -0.05) is 17.7 Å². The summed E-state index contributed by atoms with van der Waals surface area (Å²) in [5.41, 5.74) is 2.14. The van der Waals surface area contributed by atoms with E-state index in [1.807, 2.05) is 37.9 Å². The molecule has 116 valence electrons. The average molecular weight is 317 g/mol. The van der Waals surface area contributed by atoms with Crippen molar-refractivity contribution in [3.63, 3.8) is 0 Å². The molecule has 2 aliphatic rings. The second-order valence-electron chi connectivity index (χ2n) is 6.06. The molecule has 6 heteroatoms. The van der Waals surface area contributed by atoms with Gasteiger partial charge >= 0.3 is 0 Å². The highest BCUT2D eigenvalue weighted by molar-refractivity contribution is 7.80. The highest BCUT2D eigenvalue weighted by Crippen LogP contribution is 2.39. The number of nitrogens with one attached hydrogen (secondary N) is 1. The number of hydrogen-bond acceptors (Lipinski definition) is 4. The second-order valence-corrected chi connectivity index (χ2v) is 6.44. The Hall–Kier alpha value is -1.95. The SMILES string of the molecule is CCN1C(=O)[C@]2(Cc3cc(C)ccc3N(C)C2)C(=O)NC1=S. The Bertz CT molecular complexity index is 688. The normalized spacial score (nSPS) is 24.6. The van der Waals surface area contributed by atoms with Crippen LogP contribution in [0.2, 0.25) is 0 Å². The lowest BCUT2D eigenvalue weighted by atomic mass is 9.74. The number of thiocarbonyl (C=S) groups is 1. The highest BCUT2D eigenvalue weighted by Gasteiger charge is 2.54. The molecule has 1 atom stereocenters. The van der Waals surface area contributed by atoms with Crippen LogP contribution in [0.25, 0.3) is 0 Å². The van der Waals surface area contributed by atoms with Gasteiger partial charge in [-0.25, -0.2) is 0 Å². The van der Waals surface area contributed by atoms with Crippen molar-refractivity contribution in [1.82, 2.24) is 10.2 Å². The molecule has 0 aliphatic carbocycles. The van der Waals surface area contributed by atoms with Crippen molar-refractivity contribution >= 4 is 34.8 Å². The Kier molecular flexibility index (Phi) is 3.44. The number of fused-ring (bicyclic) bond motifs is 1. The lowest BCUT2D eigenvalue weighted by Crippen LogP contribution is -2.68. The van der Waals surface area contributed by atoms with Crippen molar-refractivity contribution in [1.29, 1.82) is 0 Å². The fraction of sp³-hybridized carbons (Fsp3) is 0.438. The van der Waals surface area contributed by atoms with Gasteiger partial charge in [0.25, 0.3) is 0 Å². The van der Waals surface area contributed by atoms with Crippen LogP contribution in [0.3, 0.4) is 0 Å². The maximum atomic E-state index is 12.9. The van der Waals surface area contributed by atoms with Crippen LogP contribution in [-0.2, 0) is 16.0 Å². The van der Waals surface area contributed by atoms with Gasteiger partial charge < -0.3 is 10.2 Å². The van der Waals surface area contributed by atoms with Crippen LogP contribution < -0.4 is 10.2 Å². The predicted octanol–water partition coefficient (Wildman–Crippen LogP) is 1.24. The molecule has 1 N–H and O–H groups in total. The van der Waals surface area contributed by atoms with Gasteiger partial charge in [0.05, 0.1) is 0 Å². The zero-order chi connectivity index (χ0) is 16.1. The van der Waals surface area contributed by atoms with Crippen LogP contribution in [0.15, 0.2) is 18.2 Å². The minimum absolute atomic E-state index is 0.192. The summed E-state index contributed by atoms with van der Waals surface area (Å²) in [5.74, 6) is -0.478. The van der Waals surface area contributed by atoms with E-state index in [4.69, 9.17) is 12.2 Å². The third-order valence-corrected chi connectivity index (χ3v) is 4.84. The van der Waals surface area contributed by atoms with E-state index in [1.165, 1.54) is 4.90 Å². The topological polar surface area (TPSA) is 52.7 Å². The molecule has 2 amide bonds. The van der Waals surface area contributed by atoms with Gasteiger partial charge in [0.1, 0.15) is 5.41 Å². The molecule has 1 spiro atoms. The molecule has 1 fully saturated rings. The fourth-order valence-corrected chi connectivity index (χ4v) is 3.72. The van der Waals surface area contributed by atoms with Crippen molar-refractivity contribution in [3.8, 4) is 0 Å². The molecule has 1 saturated heterocycles. The van der Waals surface area contributed by atoms with Crippen LogP contribution >= 0.6 is 12.2 Å². The molecular weight excluding hydrogens is 298 g/mol. The summed E-state index contributed by atoms with van der Waals surface area (Å²) in [4.78, 5) is 29.0. The zero-order valence-electron chi connectivity index (χ0n) is 13.0. The van der Waals surface area contributed by atoms with E-state index in [2.05, 4.69) is 11.4 Å². The fourth-order valence-electron chi connectivity index (χ4n) is 3.41. The average Bonchev–Trinajstić information content (AvgIpc) is 2.45. The number of amides is 2. The van der Waals surface area contributed by atoms with Crippen molar-refractivity contribution in [2.75, 3.05) is 25.0 Å². The van der Waals surface area contributed by atoms with Gasteiger partial charge in [-0.15, -0.1) is 0 Å². The van der Waals surface area contributed by atoms with Crippen molar-refractivity contribution < 1.29 is 9.59 Å². The quantitative estimate of drug-likeness (QED) is 0.625. The van der Waals surface area contributed by atoms with Gasteiger partial charge in [-0.3, -0.25) is 14.5 Å². The molecular formula is C16H19N3O2S. The van der Waals surface area contributed by atoms with Crippen molar-refractivity contribution in [3.05, 3.63) is 29.3 Å². The predicted molar refractivity (Wildman–Crippen MR) is 88.7 cm³/mol. The van der Waals surface area contributed by atoms with E-state index in [-0.39, 0.29) is 16.9 Å². The third kappa shape index (κ3) is 2.01. The number of carbonyl (C=O) groups excluding carboxylic acids is 2. The van der Waals surface area contributed by atoms with E-state index in [1.54, 1.807) is 0 Å². The molecule has 0 saturated carbocycles. The van der Waals surface area contributed by atoms with Gasteiger partial charge in [0, 0.05) is 25.8 Å². The summed E-state index contributed by atoms with van der Waals surface area (Å²) in [7, 11) is 1.92. The maximum Gasteiger partial charge on any atom is 0.246 e. The molecule has 3 rings (SSSR count). The number of aryl methyl sites for hydroxylation is 1. The van der Waals surface area contributed by atoms with Crippen molar-refractivity contribution in [2.45, 2.75) is 20.3 Å². The van der Waals surface area contributed by atoms with Crippen LogP contribution in [-0.4, -0.2) is 42.0 Å². The van der Waals surface area contributed by atoms with Crippen LogP contribution in [0.5, 0.6) is 0 Å². The number of benzene rings is 1. The van der Waals surface area contributed by atoms with E-state index >= 15 is 0 Å². The Morgan fingerprint density at radius 3 is 2.77 bits per heavy atom. The number of carbonyl (C=O) groups is 2. The molecule has 2 aliphatic heterocycles. The summed E-state index contributed by atoms with van der Waals surface area (Å²) in [5, 5.41) is 2.92. The summed E-state index contributed by atoms with van der Waals surface area (Å²) < 4.78 is 0. The number of rotatable bonds is 1. The lowest BCUT2D eigenvalue weighted by Gasteiger charge is -2.46. The molecule has 0 bridgehead atoms. The van der Waals surface area contributed by atoms with Crippen LogP contribution in [0.1, 0.15) is 18.1 Å². The Labute approximate surface area is 135 Å².